The van der Waals surface area contributed by atoms with Crippen LogP contribution < -0.4 is 5.32 Å². The van der Waals surface area contributed by atoms with Gasteiger partial charge in [-0.1, -0.05) is 20.8 Å². The Morgan fingerprint density at radius 1 is 1.17 bits per heavy atom. The Morgan fingerprint density at radius 3 is 2.08 bits per heavy atom. The zero-order valence-corrected chi connectivity index (χ0v) is 8.82. The third kappa shape index (κ3) is 2.48. The monoisotopic (exact) mass is 169 g/mol. The molecule has 0 aromatic heterocycles. The van der Waals surface area contributed by atoms with Crippen molar-refractivity contribution in [3.8, 4) is 0 Å². The lowest BCUT2D eigenvalue weighted by Crippen LogP contribution is -2.33. The fraction of sp³-hybridized carbons (Fsp3) is 1.00. The van der Waals surface area contributed by atoms with Crippen molar-refractivity contribution in [3.63, 3.8) is 0 Å². The van der Waals surface area contributed by atoms with Crippen molar-refractivity contribution in [1.29, 1.82) is 0 Å². The molecule has 1 N–H and O–H groups in total. The smallest absolute Gasteiger partial charge is 0.00620 e. The van der Waals surface area contributed by atoms with Gasteiger partial charge in [0.25, 0.3) is 0 Å². The molecule has 72 valence electrons. The van der Waals surface area contributed by atoms with Gasteiger partial charge in [0.05, 0.1) is 0 Å². The molecule has 1 heteroatoms. The van der Waals surface area contributed by atoms with Crippen molar-refractivity contribution in [2.45, 2.75) is 58.9 Å². The first-order valence-electron chi connectivity index (χ1n) is 5.49. The fourth-order valence-electron chi connectivity index (χ4n) is 1.77. The molecular weight excluding hydrogens is 146 g/mol. The van der Waals surface area contributed by atoms with Crippen molar-refractivity contribution in [2.24, 2.45) is 5.41 Å². The van der Waals surface area contributed by atoms with E-state index in [-0.39, 0.29) is 0 Å². The van der Waals surface area contributed by atoms with Gasteiger partial charge in [-0.15, -0.1) is 0 Å². The van der Waals surface area contributed by atoms with E-state index in [2.05, 4.69) is 26.1 Å². The average Bonchev–Trinajstić information content (AvgIpc) is 2.87. The van der Waals surface area contributed by atoms with E-state index in [0.717, 1.165) is 6.04 Å². The van der Waals surface area contributed by atoms with Crippen LogP contribution in [-0.4, -0.2) is 12.6 Å². The van der Waals surface area contributed by atoms with E-state index in [1.165, 1.54) is 38.6 Å². The summed E-state index contributed by atoms with van der Waals surface area (Å²) in [7, 11) is 0. The SMILES string of the molecule is CCC(CC)NCC1(CC)CC1. The first-order chi connectivity index (χ1) is 5.76. The van der Waals surface area contributed by atoms with E-state index >= 15 is 0 Å². The van der Waals surface area contributed by atoms with Gasteiger partial charge in [-0.2, -0.15) is 0 Å². The lowest BCUT2D eigenvalue weighted by atomic mass is 10.0. The molecule has 12 heavy (non-hydrogen) atoms. The molecule has 0 saturated heterocycles. The predicted molar refractivity (Wildman–Crippen MR) is 54.3 cm³/mol. The number of hydrogen-bond acceptors (Lipinski definition) is 1. The maximum absolute atomic E-state index is 3.67. The molecule has 0 atom stereocenters. The van der Waals surface area contributed by atoms with Crippen LogP contribution in [0.3, 0.4) is 0 Å². The molecule has 0 aromatic rings. The second-order valence-electron chi connectivity index (χ2n) is 4.25. The summed E-state index contributed by atoms with van der Waals surface area (Å²) in [5.74, 6) is 0. The summed E-state index contributed by atoms with van der Waals surface area (Å²) in [6.45, 7) is 8.12. The van der Waals surface area contributed by atoms with Crippen LogP contribution >= 0.6 is 0 Å². The van der Waals surface area contributed by atoms with E-state index < -0.39 is 0 Å². The van der Waals surface area contributed by atoms with Gasteiger partial charge < -0.3 is 5.32 Å². The van der Waals surface area contributed by atoms with Crippen molar-refractivity contribution in [1.82, 2.24) is 5.32 Å². The van der Waals surface area contributed by atoms with Gasteiger partial charge >= 0.3 is 0 Å². The van der Waals surface area contributed by atoms with Crippen LogP contribution in [0.1, 0.15) is 52.9 Å². The zero-order valence-electron chi connectivity index (χ0n) is 8.82. The minimum Gasteiger partial charge on any atom is -0.313 e. The van der Waals surface area contributed by atoms with Gasteiger partial charge in [-0.05, 0) is 37.5 Å². The van der Waals surface area contributed by atoms with Crippen molar-refractivity contribution < 1.29 is 0 Å². The van der Waals surface area contributed by atoms with Crippen molar-refractivity contribution in [3.05, 3.63) is 0 Å². The minimum absolute atomic E-state index is 0.711. The quantitative estimate of drug-likeness (QED) is 0.644. The van der Waals surface area contributed by atoms with Gasteiger partial charge in [-0.25, -0.2) is 0 Å². The molecule has 0 aliphatic heterocycles. The molecule has 0 amide bonds. The highest BCUT2D eigenvalue weighted by atomic mass is 14.9. The van der Waals surface area contributed by atoms with Gasteiger partial charge in [0, 0.05) is 12.6 Å². The standard InChI is InChI=1S/C11H23N/c1-4-10(5-2)12-9-11(6-3)7-8-11/h10,12H,4-9H2,1-3H3. The predicted octanol–water partition coefficient (Wildman–Crippen LogP) is 2.95. The molecule has 1 fully saturated rings. The van der Waals surface area contributed by atoms with E-state index in [1.54, 1.807) is 0 Å². The summed E-state index contributed by atoms with van der Waals surface area (Å²) >= 11 is 0. The first-order valence-corrected chi connectivity index (χ1v) is 5.49. The van der Waals surface area contributed by atoms with Crippen LogP contribution in [-0.2, 0) is 0 Å². The molecule has 0 aromatic carbocycles. The van der Waals surface area contributed by atoms with Gasteiger partial charge in [0.15, 0.2) is 0 Å². The summed E-state index contributed by atoms with van der Waals surface area (Å²) in [5, 5.41) is 3.67. The average molecular weight is 169 g/mol. The third-order valence-electron chi connectivity index (χ3n) is 3.46. The lowest BCUT2D eigenvalue weighted by Gasteiger charge is -2.19. The largest absolute Gasteiger partial charge is 0.313 e. The molecule has 0 unspecified atom stereocenters. The third-order valence-corrected chi connectivity index (χ3v) is 3.46. The normalized spacial score (nSPS) is 20.0. The minimum atomic E-state index is 0.711. The molecule has 1 nitrogen and oxygen atoms in total. The van der Waals surface area contributed by atoms with Crippen LogP contribution in [0.25, 0.3) is 0 Å². The Labute approximate surface area is 76.9 Å². The molecule has 0 heterocycles. The molecular formula is C11H23N. The first kappa shape index (κ1) is 10.0. The summed E-state index contributed by atoms with van der Waals surface area (Å²) in [5.41, 5.74) is 0.711. The van der Waals surface area contributed by atoms with Crippen LogP contribution in [0.15, 0.2) is 0 Å². The molecule has 0 spiro atoms. The highest BCUT2D eigenvalue weighted by Crippen LogP contribution is 2.47. The van der Waals surface area contributed by atoms with E-state index in [4.69, 9.17) is 0 Å². The van der Waals surface area contributed by atoms with Crippen LogP contribution in [0.2, 0.25) is 0 Å². The molecule has 1 saturated carbocycles. The Hall–Kier alpha value is -0.0400. The Balaban J connectivity index is 2.15. The maximum atomic E-state index is 3.67. The van der Waals surface area contributed by atoms with Gasteiger partial charge in [0.1, 0.15) is 0 Å². The fourth-order valence-corrected chi connectivity index (χ4v) is 1.77. The van der Waals surface area contributed by atoms with Gasteiger partial charge in [0.2, 0.25) is 0 Å². The topological polar surface area (TPSA) is 12.0 Å². The van der Waals surface area contributed by atoms with Gasteiger partial charge in [-0.3, -0.25) is 0 Å². The Kier molecular flexibility index (Phi) is 3.57. The zero-order chi connectivity index (χ0) is 9.03. The number of rotatable bonds is 6. The molecule has 1 aliphatic carbocycles. The highest BCUT2D eigenvalue weighted by Gasteiger charge is 2.40. The van der Waals surface area contributed by atoms with E-state index in [0.29, 0.717) is 5.41 Å². The highest BCUT2D eigenvalue weighted by molar-refractivity contribution is 4.94. The maximum Gasteiger partial charge on any atom is 0.00620 e. The van der Waals surface area contributed by atoms with Crippen LogP contribution in [0.4, 0.5) is 0 Å². The number of nitrogens with one attached hydrogen (secondary N) is 1. The van der Waals surface area contributed by atoms with Crippen LogP contribution in [0.5, 0.6) is 0 Å². The second-order valence-corrected chi connectivity index (χ2v) is 4.25. The second kappa shape index (κ2) is 4.27. The number of hydrogen-bond donors (Lipinski definition) is 1. The lowest BCUT2D eigenvalue weighted by molar-refractivity contribution is 0.388. The van der Waals surface area contributed by atoms with Crippen molar-refractivity contribution in [2.75, 3.05) is 6.54 Å². The summed E-state index contributed by atoms with van der Waals surface area (Å²) in [6, 6.07) is 0.758. The van der Waals surface area contributed by atoms with Crippen molar-refractivity contribution >= 4 is 0 Å². The molecule has 0 radical (unpaired) electrons. The molecule has 0 bridgehead atoms. The Morgan fingerprint density at radius 2 is 1.75 bits per heavy atom. The summed E-state index contributed by atoms with van der Waals surface area (Å²) in [6.07, 6.45) is 6.82. The van der Waals surface area contributed by atoms with Crippen LogP contribution in [0, 0.1) is 5.41 Å². The molecule has 1 rings (SSSR count). The summed E-state index contributed by atoms with van der Waals surface area (Å²) < 4.78 is 0. The Bertz CT molecular complexity index is 123. The molecule has 1 aliphatic rings. The summed E-state index contributed by atoms with van der Waals surface area (Å²) in [4.78, 5) is 0. The van der Waals surface area contributed by atoms with E-state index in [1.807, 2.05) is 0 Å². The van der Waals surface area contributed by atoms with E-state index in [9.17, 15) is 0 Å².